The van der Waals surface area contributed by atoms with Gasteiger partial charge in [0.25, 0.3) is 0 Å². The van der Waals surface area contributed by atoms with Crippen molar-refractivity contribution in [1.29, 1.82) is 0 Å². The molecule has 0 aliphatic carbocycles. The summed E-state index contributed by atoms with van der Waals surface area (Å²) in [4.78, 5) is 15.5. The van der Waals surface area contributed by atoms with Crippen molar-refractivity contribution in [2.45, 2.75) is 0 Å². The molecule has 0 aliphatic rings. The fourth-order valence-corrected chi connectivity index (χ4v) is 0. The molecule has 0 rings (SSSR count). The molecular weight excluding hydrogens is 275 g/mol. The second kappa shape index (κ2) is 10.8. The molecule has 0 saturated heterocycles. The minimum atomic E-state index is -4.09. The molecule has 0 aromatic heterocycles. The third-order valence-corrected chi connectivity index (χ3v) is 2.76. The topological polar surface area (TPSA) is 66.8 Å². The Morgan fingerprint density at radius 1 is 1.44 bits per heavy atom. The molecule has 0 spiro atoms. The molecule has 9 heavy (non-hydrogen) atoms. The van der Waals surface area contributed by atoms with Crippen LogP contribution in [0.25, 0.3) is 0 Å². The maximum absolute atomic E-state index is 9.50. The van der Waals surface area contributed by atoms with Crippen molar-refractivity contribution in [1.82, 2.24) is 0 Å². The summed E-state index contributed by atoms with van der Waals surface area (Å²) in [6, 6.07) is 0. The molecule has 0 aromatic carbocycles. The van der Waals surface area contributed by atoms with E-state index < -0.39 is 7.82 Å². The predicted molar refractivity (Wildman–Crippen MR) is 47.3 cm³/mol. The maximum Gasteiger partial charge on any atom is 0.316 e. The van der Waals surface area contributed by atoms with Crippen molar-refractivity contribution in [3.63, 3.8) is 0 Å². The molecule has 0 fully saturated rings. The van der Waals surface area contributed by atoms with Crippen molar-refractivity contribution in [2.75, 3.05) is 0 Å². The van der Waals surface area contributed by atoms with Crippen LogP contribution in [0.3, 0.4) is 0 Å². The predicted octanol–water partition coefficient (Wildman–Crippen LogP) is -4.10. The zero-order chi connectivity index (χ0) is 5.21. The first-order valence-corrected chi connectivity index (χ1v) is 3.88. The van der Waals surface area contributed by atoms with Gasteiger partial charge in [-0.05, 0) is 0 Å². The van der Waals surface area contributed by atoms with Crippen molar-refractivity contribution in [3.8, 4) is 0 Å². The van der Waals surface area contributed by atoms with Gasteiger partial charge in [-0.1, -0.05) is 0 Å². The molecule has 4 nitrogen and oxygen atoms in total. The van der Waals surface area contributed by atoms with E-state index >= 15 is 0 Å². The van der Waals surface area contributed by atoms with E-state index in [9.17, 15) is 4.57 Å². The van der Waals surface area contributed by atoms with E-state index in [1.165, 1.54) is 0 Å². The summed E-state index contributed by atoms with van der Waals surface area (Å²) in [5.74, 6) is 0. The first kappa shape index (κ1) is 22.6. The normalized spacial score (nSPS) is 7.89. The van der Waals surface area contributed by atoms with Gasteiger partial charge in [0.05, 0.1) is 0 Å². The van der Waals surface area contributed by atoms with Gasteiger partial charge in [-0.3, -0.25) is 0 Å². The summed E-state index contributed by atoms with van der Waals surface area (Å²) >= 11 is 0.140. The molecule has 0 radical (unpaired) electrons. The van der Waals surface area contributed by atoms with Crippen LogP contribution in [0.5, 0.6) is 0 Å². The molecule has 50 valence electrons. The average Bonchev–Trinajstić information content (AvgIpc) is 1.35. The molecule has 0 amide bonds. The van der Waals surface area contributed by atoms with Crippen LogP contribution in [0.4, 0.5) is 0 Å². The van der Waals surface area contributed by atoms with Crippen molar-refractivity contribution < 1.29 is 17.2 Å². The minimum absolute atomic E-state index is 0. The van der Waals surface area contributed by atoms with Gasteiger partial charge in [-0.2, -0.15) is 0 Å². The van der Waals surface area contributed by atoms with Gasteiger partial charge in [0, 0.05) is 0 Å². The number of phosphoric acid groups is 1. The maximum atomic E-state index is 9.50. The van der Waals surface area contributed by atoms with E-state index in [0.29, 0.717) is 0 Å². The average molecular weight is 285 g/mol. The van der Waals surface area contributed by atoms with Gasteiger partial charge < -0.3 is 0 Å². The standard InChI is InChI=1S/Al.Li.Mg.H3O4P.Sb.8H/c;;;1-5(2,3)4;;;;;;;;;/h;;;(H3,1,2,3,4);;;;;;;;;/q;;;;+1;;;;;;;;/p-1. The Hall–Kier alpha value is 2.82. The van der Waals surface area contributed by atoms with E-state index in [0.717, 1.165) is 0 Å². The molecule has 2 N–H and O–H groups in total. The summed E-state index contributed by atoms with van der Waals surface area (Å²) in [5.41, 5.74) is 0. The van der Waals surface area contributed by atoms with E-state index in [-0.39, 0.29) is 82.7 Å². The van der Waals surface area contributed by atoms with Gasteiger partial charge in [0.15, 0.2) is 17.4 Å². The smallest absolute Gasteiger partial charge is 0.316 e. The molecule has 0 unspecified atom stereocenters. The number of hydrogen-bond donors (Lipinski definition) is 2. The van der Waals surface area contributed by atoms with Crippen molar-refractivity contribution in [2.24, 2.45) is 0 Å². The second-order valence-electron chi connectivity index (χ2n) is 0.596. The van der Waals surface area contributed by atoms with Crippen LogP contribution in [0.2, 0.25) is 0 Å². The summed E-state index contributed by atoms with van der Waals surface area (Å²) in [6.45, 7) is 0. The largest absolute Gasteiger partial charge is 0.316 e. The zero-order valence-electron chi connectivity index (χ0n) is 2.74. The Labute approximate surface area is 106 Å². The van der Waals surface area contributed by atoms with Crippen LogP contribution in [0.15, 0.2) is 0 Å². The molecular formula is H10AlLiMgO4PSb. The van der Waals surface area contributed by atoms with Crippen LogP contribution in [-0.2, 0) is 7.37 Å². The summed E-state index contributed by atoms with van der Waals surface area (Å²) < 4.78 is 13.2. The zero-order valence-corrected chi connectivity index (χ0v) is 6.93. The van der Waals surface area contributed by atoms with Gasteiger partial charge in [0.2, 0.25) is 0 Å². The Kier molecular flexibility index (Phi) is 27.2. The van der Waals surface area contributed by atoms with E-state index in [1.807, 2.05) is 0 Å². The Balaban J connectivity index is -0.0000000417. The second-order valence-corrected chi connectivity index (χ2v) is 3.59. The van der Waals surface area contributed by atoms with Crippen molar-refractivity contribution in [3.05, 3.63) is 0 Å². The van der Waals surface area contributed by atoms with Crippen LogP contribution >= 0.6 is 7.82 Å². The minimum Gasteiger partial charge on any atom is 0.316 e. The molecule has 0 bridgehead atoms. The van der Waals surface area contributed by atoms with Crippen molar-refractivity contribution >= 4 is 90.5 Å². The molecule has 0 aliphatic heterocycles. The van der Waals surface area contributed by atoms with E-state index in [4.69, 9.17) is 9.79 Å². The van der Waals surface area contributed by atoms with Crippen LogP contribution in [-0.4, -0.2) is 92.5 Å². The van der Waals surface area contributed by atoms with Gasteiger partial charge in [0.1, 0.15) is 0 Å². The van der Waals surface area contributed by atoms with Gasteiger partial charge in [-0.15, -0.1) is 0 Å². The van der Waals surface area contributed by atoms with Gasteiger partial charge in [-0.25, -0.2) is 0 Å². The van der Waals surface area contributed by atoms with Crippen LogP contribution in [0.1, 0.15) is 0 Å². The summed E-state index contributed by atoms with van der Waals surface area (Å²) in [5, 5.41) is 0. The molecule has 0 saturated carbocycles. The Morgan fingerprint density at radius 2 is 1.56 bits per heavy atom. The molecule has 0 atom stereocenters. The fraction of sp³-hybridized carbons (Fsp3) is 0. The summed E-state index contributed by atoms with van der Waals surface area (Å²) in [7, 11) is -4.09. The first-order valence-electron chi connectivity index (χ1n) is 1.00. The Morgan fingerprint density at radius 3 is 1.56 bits per heavy atom. The third-order valence-electron chi connectivity index (χ3n) is 0.137. The Bertz CT molecular complexity index is 84.6. The van der Waals surface area contributed by atoms with E-state index in [2.05, 4.69) is 2.80 Å². The monoisotopic (exact) mass is 284 g/mol. The van der Waals surface area contributed by atoms with Crippen LogP contribution < -0.4 is 0 Å². The number of rotatable bonds is 1. The molecule has 0 aromatic rings. The fourth-order valence-electron chi connectivity index (χ4n) is 0. The third kappa shape index (κ3) is 24.8. The SMILES string of the molecule is O=P(O)(O)[O][SbH2].[AlH3].[LiH].[MgH2]. The molecule has 0 heterocycles. The van der Waals surface area contributed by atoms with Crippen LogP contribution in [0, 0.1) is 0 Å². The quantitative estimate of drug-likeness (QED) is 0.380. The van der Waals surface area contributed by atoms with E-state index in [1.54, 1.807) is 0 Å². The number of hydrogen-bond acceptors (Lipinski definition) is 2. The summed E-state index contributed by atoms with van der Waals surface area (Å²) in [6.07, 6.45) is 0. The van der Waals surface area contributed by atoms with Gasteiger partial charge >= 0.3 is 90.3 Å². The first-order chi connectivity index (χ1) is 2.56. The molecule has 9 heteroatoms.